The van der Waals surface area contributed by atoms with Crippen LogP contribution in [0.5, 0.6) is 5.75 Å². The van der Waals surface area contributed by atoms with Gasteiger partial charge in [0.15, 0.2) is 0 Å². The molecule has 35 heavy (non-hydrogen) atoms. The zero-order valence-electron chi connectivity index (χ0n) is 19.0. The van der Waals surface area contributed by atoms with Crippen LogP contribution in [0.2, 0.25) is 0 Å². The van der Waals surface area contributed by atoms with Crippen molar-refractivity contribution in [2.45, 2.75) is 32.0 Å². The third kappa shape index (κ3) is 5.98. The van der Waals surface area contributed by atoms with Crippen molar-refractivity contribution in [1.82, 2.24) is 9.88 Å². The Hall–Kier alpha value is -3.88. The lowest BCUT2D eigenvalue weighted by molar-refractivity contribution is -0.137. The second kappa shape index (κ2) is 10.2. The van der Waals surface area contributed by atoms with Crippen molar-refractivity contribution >= 4 is 17.5 Å². The molecule has 0 saturated carbocycles. The number of nitrogens with zero attached hydrogens (tertiary/aromatic N) is 2. The van der Waals surface area contributed by atoms with Gasteiger partial charge in [0.05, 0.1) is 5.56 Å². The predicted molar refractivity (Wildman–Crippen MR) is 124 cm³/mol. The number of rotatable bonds is 5. The molecule has 0 unspecified atom stereocenters. The minimum Gasteiger partial charge on any atom is -0.490 e. The quantitative estimate of drug-likeness (QED) is 0.532. The van der Waals surface area contributed by atoms with Gasteiger partial charge in [0, 0.05) is 49.4 Å². The third-order valence-electron chi connectivity index (χ3n) is 5.80. The first-order valence-corrected chi connectivity index (χ1v) is 11.2. The van der Waals surface area contributed by atoms with Crippen LogP contribution >= 0.6 is 0 Å². The average Bonchev–Trinajstić information content (AvgIpc) is 2.86. The summed E-state index contributed by atoms with van der Waals surface area (Å²) in [6.45, 7) is 2.93. The molecule has 1 aliphatic rings. The molecule has 1 N–H and O–H groups in total. The van der Waals surface area contributed by atoms with Gasteiger partial charge in [0.25, 0.3) is 11.8 Å². The fourth-order valence-corrected chi connectivity index (χ4v) is 3.85. The fraction of sp³-hybridized carbons (Fsp3) is 0.269. The molecule has 0 atom stereocenters. The van der Waals surface area contributed by atoms with E-state index in [-0.39, 0.29) is 17.6 Å². The van der Waals surface area contributed by atoms with Crippen LogP contribution in [0.3, 0.4) is 0 Å². The monoisotopic (exact) mass is 483 g/mol. The highest BCUT2D eigenvalue weighted by atomic mass is 19.4. The van der Waals surface area contributed by atoms with E-state index in [1.165, 1.54) is 12.1 Å². The van der Waals surface area contributed by atoms with Crippen LogP contribution in [-0.4, -0.2) is 40.9 Å². The summed E-state index contributed by atoms with van der Waals surface area (Å²) in [5.74, 6) is -0.187. The summed E-state index contributed by atoms with van der Waals surface area (Å²) in [6, 6.07) is 14.6. The molecule has 9 heteroatoms. The van der Waals surface area contributed by atoms with Crippen LogP contribution in [0.4, 0.5) is 18.9 Å². The average molecular weight is 483 g/mol. The van der Waals surface area contributed by atoms with Gasteiger partial charge >= 0.3 is 6.18 Å². The van der Waals surface area contributed by atoms with E-state index < -0.39 is 17.6 Å². The van der Waals surface area contributed by atoms with E-state index in [0.29, 0.717) is 43.1 Å². The molecular formula is C26H24F3N3O3. The van der Waals surface area contributed by atoms with Gasteiger partial charge in [-0.05, 0) is 48.9 Å². The molecule has 2 heterocycles. The lowest BCUT2D eigenvalue weighted by Gasteiger charge is -2.32. The van der Waals surface area contributed by atoms with E-state index in [9.17, 15) is 22.8 Å². The largest absolute Gasteiger partial charge is 0.490 e. The maximum Gasteiger partial charge on any atom is 0.416 e. The molecule has 4 rings (SSSR count). The number of benzene rings is 2. The molecule has 3 aromatic rings. The minimum atomic E-state index is -4.53. The SMILES string of the molecule is Cc1ccc(NC(=O)c2cccc(C(F)(F)F)c2)cc1OC1CCN(C(=O)c2ccccn2)CC1. The highest BCUT2D eigenvalue weighted by Gasteiger charge is 2.31. The Bertz CT molecular complexity index is 1210. The van der Waals surface area contributed by atoms with Crippen molar-refractivity contribution in [1.29, 1.82) is 0 Å². The van der Waals surface area contributed by atoms with E-state index >= 15 is 0 Å². The number of carbonyl (C=O) groups is 2. The van der Waals surface area contributed by atoms with E-state index in [4.69, 9.17) is 4.74 Å². The number of aromatic nitrogens is 1. The molecule has 0 bridgehead atoms. The number of nitrogens with one attached hydrogen (secondary N) is 1. The number of ether oxygens (including phenoxy) is 1. The van der Waals surface area contributed by atoms with Crippen molar-refractivity contribution in [3.8, 4) is 5.75 Å². The summed E-state index contributed by atoms with van der Waals surface area (Å²) in [6.07, 6.45) is -1.78. The van der Waals surface area contributed by atoms with Gasteiger partial charge in [0.2, 0.25) is 0 Å². The molecule has 1 aromatic heterocycles. The molecule has 1 aliphatic heterocycles. The number of amides is 2. The molecule has 0 radical (unpaired) electrons. The van der Waals surface area contributed by atoms with E-state index in [1.807, 2.05) is 6.92 Å². The predicted octanol–water partition coefficient (Wildman–Crippen LogP) is 5.34. The van der Waals surface area contributed by atoms with Crippen LogP contribution in [-0.2, 0) is 6.18 Å². The molecule has 1 fully saturated rings. The van der Waals surface area contributed by atoms with Gasteiger partial charge < -0.3 is 15.0 Å². The number of carbonyl (C=O) groups excluding carboxylic acids is 2. The Kier molecular flexibility index (Phi) is 7.04. The van der Waals surface area contributed by atoms with E-state index in [1.54, 1.807) is 47.5 Å². The number of anilines is 1. The molecule has 2 amide bonds. The second-order valence-electron chi connectivity index (χ2n) is 8.34. The van der Waals surface area contributed by atoms with Gasteiger partial charge in [-0.1, -0.05) is 18.2 Å². The van der Waals surface area contributed by atoms with Gasteiger partial charge in [0.1, 0.15) is 17.5 Å². The number of alkyl halides is 3. The van der Waals surface area contributed by atoms with E-state index in [0.717, 1.165) is 17.7 Å². The Morgan fingerprint density at radius 3 is 2.49 bits per heavy atom. The van der Waals surface area contributed by atoms with Gasteiger partial charge in [-0.2, -0.15) is 13.2 Å². The Morgan fingerprint density at radius 2 is 1.80 bits per heavy atom. The summed E-state index contributed by atoms with van der Waals surface area (Å²) in [4.78, 5) is 31.0. The number of pyridine rings is 1. The Labute approximate surface area is 200 Å². The van der Waals surface area contributed by atoms with Crippen molar-refractivity contribution in [2.24, 2.45) is 0 Å². The van der Waals surface area contributed by atoms with Crippen LogP contribution in [0.25, 0.3) is 0 Å². The Morgan fingerprint density at radius 1 is 1.03 bits per heavy atom. The van der Waals surface area contributed by atoms with Crippen molar-refractivity contribution in [3.05, 3.63) is 89.2 Å². The normalized spacial score (nSPS) is 14.5. The number of piperidine rings is 1. The van der Waals surface area contributed by atoms with E-state index in [2.05, 4.69) is 10.3 Å². The maximum atomic E-state index is 13.0. The molecule has 1 saturated heterocycles. The minimum absolute atomic E-state index is 0.0900. The van der Waals surface area contributed by atoms with Crippen LogP contribution < -0.4 is 10.1 Å². The first-order valence-electron chi connectivity index (χ1n) is 11.2. The topological polar surface area (TPSA) is 71.5 Å². The molecule has 6 nitrogen and oxygen atoms in total. The summed E-state index contributed by atoms with van der Waals surface area (Å²) in [5.41, 5.74) is 0.704. The lowest BCUT2D eigenvalue weighted by atomic mass is 10.1. The number of hydrogen-bond acceptors (Lipinski definition) is 4. The lowest BCUT2D eigenvalue weighted by Crippen LogP contribution is -2.42. The zero-order valence-corrected chi connectivity index (χ0v) is 19.0. The van der Waals surface area contributed by atoms with Crippen LogP contribution in [0, 0.1) is 6.92 Å². The smallest absolute Gasteiger partial charge is 0.416 e. The van der Waals surface area contributed by atoms with Gasteiger partial charge in [-0.25, -0.2) is 0 Å². The first-order chi connectivity index (χ1) is 16.7. The molecular weight excluding hydrogens is 459 g/mol. The Balaban J connectivity index is 1.38. The number of aryl methyl sites for hydroxylation is 1. The standard InChI is InChI=1S/C26H24F3N3O3/c1-17-8-9-20(31-24(33)18-5-4-6-19(15-18)26(27,28)29)16-23(17)35-21-10-13-32(14-11-21)25(34)22-7-2-3-12-30-22/h2-9,12,15-16,21H,10-11,13-14H2,1H3,(H,31,33). The molecule has 182 valence electrons. The van der Waals surface area contributed by atoms with Crippen molar-refractivity contribution in [2.75, 3.05) is 18.4 Å². The molecule has 0 aliphatic carbocycles. The highest BCUT2D eigenvalue weighted by molar-refractivity contribution is 6.04. The summed E-state index contributed by atoms with van der Waals surface area (Å²) < 4.78 is 45.0. The van der Waals surface area contributed by atoms with Crippen LogP contribution in [0.15, 0.2) is 66.9 Å². The zero-order chi connectivity index (χ0) is 25.0. The second-order valence-corrected chi connectivity index (χ2v) is 8.34. The van der Waals surface area contributed by atoms with Crippen molar-refractivity contribution in [3.63, 3.8) is 0 Å². The molecule has 2 aromatic carbocycles. The number of halogens is 3. The molecule has 0 spiro atoms. The fourth-order valence-electron chi connectivity index (χ4n) is 3.85. The first kappa shape index (κ1) is 24.3. The summed E-state index contributed by atoms with van der Waals surface area (Å²) >= 11 is 0. The van der Waals surface area contributed by atoms with Gasteiger partial charge in [-0.15, -0.1) is 0 Å². The summed E-state index contributed by atoms with van der Waals surface area (Å²) in [5, 5.41) is 2.64. The van der Waals surface area contributed by atoms with Crippen molar-refractivity contribution < 1.29 is 27.5 Å². The highest BCUT2D eigenvalue weighted by Crippen LogP contribution is 2.30. The van der Waals surface area contributed by atoms with Crippen LogP contribution in [0.1, 0.15) is 44.8 Å². The van der Waals surface area contributed by atoms with Gasteiger partial charge in [-0.3, -0.25) is 14.6 Å². The number of hydrogen-bond donors (Lipinski definition) is 1. The summed E-state index contributed by atoms with van der Waals surface area (Å²) in [7, 11) is 0. The number of likely N-dealkylation sites (tertiary alicyclic amines) is 1. The maximum absolute atomic E-state index is 13.0. The third-order valence-corrected chi connectivity index (χ3v) is 5.80.